The molecule has 0 spiro atoms. The fourth-order valence-electron chi connectivity index (χ4n) is 1.75. The molecule has 0 aliphatic rings. The van der Waals surface area contributed by atoms with Crippen LogP contribution < -0.4 is 5.32 Å². The average molecular weight is 247 g/mol. The van der Waals surface area contributed by atoms with Crippen molar-refractivity contribution in [3.63, 3.8) is 0 Å². The lowest BCUT2D eigenvalue weighted by Crippen LogP contribution is -2.00. The molecular weight excluding hydrogens is 230 g/mol. The lowest BCUT2D eigenvalue weighted by molar-refractivity contribution is 1.02. The van der Waals surface area contributed by atoms with E-state index < -0.39 is 0 Å². The second-order valence-corrected chi connectivity index (χ2v) is 4.89. The summed E-state index contributed by atoms with van der Waals surface area (Å²) in [6.45, 7) is 4.86. The normalized spacial score (nSPS) is 10.5. The molecule has 1 heterocycles. The van der Waals surface area contributed by atoms with Gasteiger partial charge in [-0.3, -0.25) is 5.10 Å². The largest absolute Gasteiger partial charge is 0.378 e. The van der Waals surface area contributed by atoms with E-state index in [0.717, 1.165) is 23.6 Å². The van der Waals surface area contributed by atoms with Gasteiger partial charge < -0.3 is 5.32 Å². The monoisotopic (exact) mass is 247 g/mol. The number of nitrogens with zero attached hydrogens (tertiary/aromatic N) is 1. The van der Waals surface area contributed by atoms with E-state index in [-0.39, 0.29) is 0 Å². The number of hydrogen-bond acceptors (Lipinski definition) is 3. The van der Waals surface area contributed by atoms with Crippen molar-refractivity contribution in [1.82, 2.24) is 10.2 Å². The minimum Gasteiger partial charge on any atom is -0.378 e. The Morgan fingerprint density at radius 2 is 1.94 bits per heavy atom. The summed E-state index contributed by atoms with van der Waals surface area (Å²) in [5.41, 5.74) is 4.49. The summed E-state index contributed by atoms with van der Waals surface area (Å²) in [4.78, 5) is 1.30. The smallest absolute Gasteiger partial charge is 0.0825 e. The first-order valence-electron chi connectivity index (χ1n) is 5.59. The Balaban J connectivity index is 2.02. The summed E-state index contributed by atoms with van der Waals surface area (Å²) in [5.74, 6) is 0. The van der Waals surface area contributed by atoms with Gasteiger partial charge in [0.1, 0.15) is 0 Å². The number of benzene rings is 1. The molecule has 0 unspecified atom stereocenters. The molecule has 17 heavy (non-hydrogen) atoms. The molecular formula is C13H17N3S. The topological polar surface area (TPSA) is 40.7 Å². The van der Waals surface area contributed by atoms with Gasteiger partial charge in [0.25, 0.3) is 0 Å². The molecule has 90 valence electrons. The van der Waals surface area contributed by atoms with Crippen LogP contribution in [-0.4, -0.2) is 16.5 Å². The van der Waals surface area contributed by atoms with Gasteiger partial charge in [0.2, 0.25) is 0 Å². The highest BCUT2D eigenvalue weighted by Crippen LogP contribution is 2.18. The molecule has 0 fully saturated rings. The Kier molecular flexibility index (Phi) is 3.74. The predicted octanol–water partition coefficient (Wildman–Crippen LogP) is 3.36. The molecule has 0 aliphatic heterocycles. The molecule has 0 saturated heterocycles. The fourth-order valence-corrected chi connectivity index (χ4v) is 2.15. The van der Waals surface area contributed by atoms with Gasteiger partial charge in [0.15, 0.2) is 0 Å². The van der Waals surface area contributed by atoms with Crippen molar-refractivity contribution in [3.8, 4) is 0 Å². The van der Waals surface area contributed by atoms with E-state index in [1.54, 1.807) is 11.8 Å². The van der Waals surface area contributed by atoms with Crippen LogP contribution in [0.15, 0.2) is 29.2 Å². The van der Waals surface area contributed by atoms with Gasteiger partial charge in [-0.15, -0.1) is 11.8 Å². The van der Waals surface area contributed by atoms with E-state index in [9.17, 15) is 0 Å². The number of hydrogen-bond donors (Lipinski definition) is 2. The molecule has 0 saturated carbocycles. The number of H-pyrrole nitrogens is 1. The molecule has 2 rings (SSSR count). The summed E-state index contributed by atoms with van der Waals surface area (Å²) in [6, 6.07) is 8.61. The molecule has 0 radical (unpaired) electrons. The Morgan fingerprint density at radius 3 is 2.47 bits per heavy atom. The number of nitrogens with one attached hydrogen (secondary N) is 2. The van der Waals surface area contributed by atoms with Gasteiger partial charge in [-0.25, -0.2) is 0 Å². The first kappa shape index (κ1) is 12.0. The number of aryl methyl sites for hydroxylation is 2. The van der Waals surface area contributed by atoms with Crippen LogP contribution in [-0.2, 0) is 6.54 Å². The van der Waals surface area contributed by atoms with E-state index in [1.807, 2.05) is 13.8 Å². The molecule has 2 aromatic rings. The second kappa shape index (κ2) is 5.27. The molecule has 0 atom stereocenters. The van der Waals surface area contributed by atoms with Crippen molar-refractivity contribution < 1.29 is 0 Å². The van der Waals surface area contributed by atoms with Gasteiger partial charge in [0, 0.05) is 11.4 Å². The highest BCUT2D eigenvalue weighted by atomic mass is 32.2. The van der Waals surface area contributed by atoms with Gasteiger partial charge in [-0.1, -0.05) is 12.1 Å². The summed E-state index contributed by atoms with van der Waals surface area (Å²) in [7, 11) is 0. The van der Waals surface area contributed by atoms with Crippen LogP contribution in [0.4, 0.5) is 5.69 Å². The van der Waals surface area contributed by atoms with Crippen molar-refractivity contribution in [2.24, 2.45) is 0 Å². The van der Waals surface area contributed by atoms with Gasteiger partial charge in [-0.2, -0.15) is 5.10 Å². The molecule has 1 aromatic heterocycles. The highest BCUT2D eigenvalue weighted by Gasteiger charge is 2.04. The zero-order valence-corrected chi connectivity index (χ0v) is 11.2. The van der Waals surface area contributed by atoms with E-state index in [2.05, 4.69) is 46.0 Å². The number of rotatable bonds is 4. The Hall–Kier alpha value is -1.42. The number of anilines is 1. The molecule has 1 aromatic carbocycles. The summed E-state index contributed by atoms with van der Waals surface area (Å²) in [5, 5.41) is 10.6. The third kappa shape index (κ3) is 2.82. The first-order chi connectivity index (χ1) is 8.20. The predicted molar refractivity (Wildman–Crippen MR) is 73.6 cm³/mol. The summed E-state index contributed by atoms with van der Waals surface area (Å²) < 4.78 is 0. The van der Waals surface area contributed by atoms with Crippen LogP contribution in [0.2, 0.25) is 0 Å². The maximum absolute atomic E-state index is 4.16. The van der Waals surface area contributed by atoms with Crippen molar-refractivity contribution in [3.05, 3.63) is 41.2 Å². The van der Waals surface area contributed by atoms with Gasteiger partial charge in [-0.05, 0) is 37.8 Å². The molecule has 0 aliphatic carbocycles. The lowest BCUT2D eigenvalue weighted by atomic mass is 10.2. The first-order valence-corrected chi connectivity index (χ1v) is 6.81. The van der Waals surface area contributed by atoms with Crippen LogP contribution in [0.3, 0.4) is 0 Å². The maximum Gasteiger partial charge on any atom is 0.0825 e. The third-order valence-corrected chi connectivity index (χ3v) is 3.50. The lowest BCUT2D eigenvalue weighted by Gasteiger charge is -2.07. The Labute approximate surface area is 106 Å². The number of aromatic nitrogens is 2. The van der Waals surface area contributed by atoms with E-state index in [4.69, 9.17) is 0 Å². The summed E-state index contributed by atoms with van der Waals surface area (Å²) in [6.07, 6.45) is 2.09. The average Bonchev–Trinajstić information content (AvgIpc) is 2.67. The van der Waals surface area contributed by atoms with Crippen LogP contribution in [0.25, 0.3) is 0 Å². The zero-order valence-electron chi connectivity index (χ0n) is 10.4. The standard InChI is InChI=1S/C13H17N3S/c1-9-13(10(2)16-15-9)14-8-11-4-6-12(17-3)7-5-11/h4-7,14H,8H2,1-3H3,(H,15,16). The van der Waals surface area contributed by atoms with Gasteiger partial charge >= 0.3 is 0 Å². The van der Waals surface area contributed by atoms with Gasteiger partial charge in [0.05, 0.1) is 17.1 Å². The van der Waals surface area contributed by atoms with Crippen LogP contribution in [0.5, 0.6) is 0 Å². The maximum atomic E-state index is 4.16. The molecule has 0 amide bonds. The van der Waals surface area contributed by atoms with E-state index in [1.165, 1.54) is 10.5 Å². The van der Waals surface area contributed by atoms with Crippen LogP contribution >= 0.6 is 11.8 Å². The molecule has 4 heteroatoms. The van der Waals surface area contributed by atoms with E-state index in [0.29, 0.717) is 0 Å². The van der Waals surface area contributed by atoms with Crippen LogP contribution in [0.1, 0.15) is 17.0 Å². The minimum atomic E-state index is 0.829. The third-order valence-electron chi connectivity index (χ3n) is 2.76. The SMILES string of the molecule is CSc1ccc(CNc2c(C)n[nH]c2C)cc1. The molecule has 0 bridgehead atoms. The van der Waals surface area contributed by atoms with Crippen molar-refractivity contribution in [2.45, 2.75) is 25.3 Å². The summed E-state index contributed by atoms with van der Waals surface area (Å²) >= 11 is 1.76. The fraction of sp³-hybridized carbons (Fsp3) is 0.308. The van der Waals surface area contributed by atoms with Crippen molar-refractivity contribution in [1.29, 1.82) is 0 Å². The second-order valence-electron chi connectivity index (χ2n) is 4.01. The van der Waals surface area contributed by atoms with Crippen molar-refractivity contribution in [2.75, 3.05) is 11.6 Å². The van der Waals surface area contributed by atoms with Crippen LogP contribution in [0, 0.1) is 13.8 Å². The van der Waals surface area contributed by atoms with E-state index >= 15 is 0 Å². The van der Waals surface area contributed by atoms with Crippen molar-refractivity contribution >= 4 is 17.4 Å². The molecule has 2 N–H and O–H groups in total. The number of aromatic amines is 1. The Bertz CT molecular complexity index is 468. The zero-order chi connectivity index (χ0) is 12.3. The Morgan fingerprint density at radius 1 is 1.24 bits per heavy atom. The molecule has 3 nitrogen and oxygen atoms in total. The minimum absolute atomic E-state index is 0.829. The highest BCUT2D eigenvalue weighted by molar-refractivity contribution is 7.98. The number of thioether (sulfide) groups is 1. The quantitative estimate of drug-likeness (QED) is 0.814.